The highest BCUT2D eigenvalue weighted by molar-refractivity contribution is 6.30. The molecule has 0 radical (unpaired) electrons. The molecule has 0 N–H and O–H groups in total. The molecule has 166 valence electrons. The van der Waals surface area contributed by atoms with Crippen molar-refractivity contribution in [2.75, 3.05) is 23.9 Å². The van der Waals surface area contributed by atoms with Gasteiger partial charge in [0.1, 0.15) is 18.5 Å². The van der Waals surface area contributed by atoms with Gasteiger partial charge in [0, 0.05) is 17.8 Å². The van der Waals surface area contributed by atoms with Gasteiger partial charge in [-0.25, -0.2) is 0 Å². The Morgan fingerprint density at radius 2 is 1.72 bits per heavy atom. The summed E-state index contributed by atoms with van der Waals surface area (Å²) in [6.45, 7) is 2.53. The fraction of sp³-hybridized carbons (Fsp3) is 0.280. The van der Waals surface area contributed by atoms with E-state index in [4.69, 9.17) is 23.2 Å². The predicted molar refractivity (Wildman–Crippen MR) is 129 cm³/mol. The van der Waals surface area contributed by atoms with Crippen molar-refractivity contribution in [1.29, 1.82) is 0 Å². The summed E-state index contributed by atoms with van der Waals surface area (Å²) < 4.78 is 2.11. The Balaban J connectivity index is 1.78. The fourth-order valence-electron chi connectivity index (χ4n) is 4.19. The number of unbranched alkanes of at least 4 members (excludes halogenated alkanes) is 1. The molecule has 4 rings (SSSR count). The number of fused-ring (bicyclic) bond motifs is 3. The van der Waals surface area contributed by atoms with Crippen LogP contribution in [-0.2, 0) is 9.59 Å². The molecule has 32 heavy (non-hydrogen) atoms. The number of rotatable bonds is 7. The lowest BCUT2D eigenvalue weighted by Crippen LogP contribution is -2.47. The normalized spacial score (nSPS) is 14.6. The molecule has 1 aromatic heterocycles. The molecule has 0 spiro atoms. The van der Waals surface area contributed by atoms with Crippen LogP contribution in [0, 0.1) is 0 Å². The lowest BCUT2D eigenvalue weighted by Gasteiger charge is -2.39. The molecule has 2 aromatic carbocycles. The molecule has 1 unspecified atom stereocenters. The van der Waals surface area contributed by atoms with Crippen LogP contribution < -0.4 is 4.90 Å². The van der Waals surface area contributed by atoms with Gasteiger partial charge in [0.15, 0.2) is 0 Å². The maximum absolute atomic E-state index is 13.8. The third-order valence-corrected chi connectivity index (χ3v) is 6.23. The number of aromatic nitrogens is 1. The van der Waals surface area contributed by atoms with Gasteiger partial charge in [0.05, 0.1) is 17.1 Å². The molecule has 0 saturated heterocycles. The van der Waals surface area contributed by atoms with E-state index in [9.17, 15) is 9.59 Å². The second kappa shape index (κ2) is 9.80. The van der Waals surface area contributed by atoms with Crippen LogP contribution in [0.5, 0.6) is 0 Å². The van der Waals surface area contributed by atoms with Gasteiger partial charge in [0.25, 0.3) is 0 Å². The van der Waals surface area contributed by atoms with E-state index >= 15 is 0 Å². The van der Waals surface area contributed by atoms with Crippen LogP contribution in [0.15, 0.2) is 66.9 Å². The van der Waals surface area contributed by atoms with E-state index < -0.39 is 0 Å². The zero-order valence-corrected chi connectivity index (χ0v) is 19.4. The summed E-state index contributed by atoms with van der Waals surface area (Å²) in [4.78, 5) is 29.6. The van der Waals surface area contributed by atoms with Gasteiger partial charge in [-0.05, 0) is 48.4 Å². The first-order valence-electron chi connectivity index (χ1n) is 10.7. The number of anilines is 1. The topological polar surface area (TPSA) is 45.6 Å². The number of para-hydroxylation sites is 2. The van der Waals surface area contributed by atoms with Crippen molar-refractivity contribution in [1.82, 2.24) is 9.47 Å². The average Bonchev–Trinajstić information content (AvgIpc) is 3.31. The first-order valence-corrected chi connectivity index (χ1v) is 11.6. The molecule has 7 heteroatoms. The van der Waals surface area contributed by atoms with Crippen LogP contribution in [0.2, 0.25) is 5.02 Å². The van der Waals surface area contributed by atoms with Crippen molar-refractivity contribution in [3.05, 3.63) is 83.1 Å². The first kappa shape index (κ1) is 22.4. The van der Waals surface area contributed by atoms with E-state index in [1.807, 2.05) is 66.9 Å². The molecule has 2 heterocycles. The molecule has 1 aliphatic rings. The van der Waals surface area contributed by atoms with Gasteiger partial charge in [-0.15, -0.1) is 11.6 Å². The van der Waals surface area contributed by atoms with Crippen LogP contribution in [0.4, 0.5) is 5.69 Å². The largest absolute Gasteiger partial charge is 0.332 e. The molecule has 0 fully saturated rings. The molecular weight excluding hydrogens is 445 g/mol. The minimum Gasteiger partial charge on any atom is -0.332 e. The SMILES string of the molecule is CCCCN(CC(=O)N1c2ccccc2-n2cccc2C1c1ccc(Cl)cc1)C(=O)CCl. The number of amides is 2. The van der Waals surface area contributed by atoms with Crippen LogP contribution in [-0.4, -0.2) is 40.3 Å². The van der Waals surface area contributed by atoms with Crippen LogP contribution in [0.3, 0.4) is 0 Å². The zero-order chi connectivity index (χ0) is 22.7. The number of hydrogen-bond acceptors (Lipinski definition) is 2. The molecule has 3 aromatic rings. The highest BCUT2D eigenvalue weighted by Gasteiger charge is 2.36. The van der Waals surface area contributed by atoms with E-state index in [0.717, 1.165) is 35.5 Å². The third kappa shape index (κ3) is 4.27. The highest BCUT2D eigenvalue weighted by atomic mass is 35.5. The Bertz CT molecular complexity index is 1110. The summed E-state index contributed by atoms with van der Waals surface area (Å²) in [5.74, 6) is -0.526. The summed E-state index contributed by atoms with van der Waals surface area (Å²) in [6, 6.07) is 19.0. The number of carbonyl (C=O) groups is 2. The fourth-order valence-corrected chi connectivity index (χ4v) is 4.48. The van der Waals surface area contributed by atoms with Crippen LogP contribution >= 0.6 is 23.2 Å². The standard InChI is InChI=1S/C25H25Cl2N3O2/c1-2-3-14-28(23(31)16-26)17-24(32)30-21-8-5-4-7-20(21)29-15-6-9-22(29)25(30)18-10-12-19(27)13-11-18/h4-13,15,25H,2-3,14,16-17H2,1H3. The van der Waals surface area contributed by atoms with E-state index in [2.05, 4.69) is 11.5 Å². The molecule has 1 atom stereocenters. The quantitative estimate of drug-likeness (QED) is 0.432. The van der Waals surface area contributed by atoms with Gasteiger partial charge in [-0.1, -0.05) is 49.2 Å². The predicted octanol–water partition coefficient (Wildman–Crippen LogP) is 5.43. The Kier molecular flexibility index (Phi) is 6.87. The Morgan fingerprint density at radius 1 is 1.00 bits per heavy atom. The molecule has 0 bridgehead atoms. The minimum absolute atomic E-state index is 0.0231. The lowest BCUT2D eigenvalue weighted by molar-refractivity contribution is -0.133. The van der Waals surface area contributed by atoms with Gasteiger partial charge >= 0.3 is 0 Å². The number of halogens is 2. The van der Waals surface area contributed by atoms with Crippen molar-refractivity contribution in [3.8, 4) is 5.69 Å². The Morgan fingerprint density at radius 3 is 2.41 bits per heavy atom. The molecular formula is C25H25Cl2N3O2. The van der Waals surface area contributed by atoms with Gasteiger partial charge in [-0.2, -0.15) is 0 Å². The van der Waals surface area contributed by atoms with E-state index in [1.165, 1.54) is 0 Å². The van der Waals surface area contributed by atoms with Crippen molar-refractivity contribution < 1.29 is 9.59 Å². The maximum atomic E-state index is 13.8. The van der Waals surface area contributed by atoms with Crippen molar-refractivity contribution in [3.63, 3.8) is 0 Å². The molecule has 2 amide bonds. The van der Waals surface area contributed by atoms with E-state index in [1.54, 1.807) is 9.80 Å². The van der Waals surface area contributed by atoms with Gasteiger partial charge in [-0.3, -0.25) is 14.5 Å². The molecule has 1 aliphatic heterocycles. The first-order chi connectivity index (χ1) is 15.5. The lowest BCUT2D eigenvalue weighted by atomic mass is 9.97. The zero-order valence-electron chi connectivity index (χ0n) is 17.9. The molecule has 5 nitrogen and oxygen atoms in total. The van der Waals surface area contributed by atoms with Gasteiger partial charge < -0.3 is 9.47 Å². The van der Waals surface area contributed by atoms with Crippen molar-refractivity contribution in [2.24, 2.45) is 0 Å². The second-order valence-electron chi connectivity index (χ2n) is 7.81. The number of carbonyl (C=O) groups excluding carboxylic acids is 2. The van der Waals surface area contributed by atoms with Crippen LogP contribution in [0.1, 0.15) is 37.1 Å². The summed E-state index contributed by atoms with van der Waals surface area (Å²) >= 11 is 12.0. The second-order valence-corrected chi connectivity index (χ2v) is 8.52. The van der Waals surface area contributed by atoms with E-state index in [-0.39, 0.29) is 30.3 Å². The summed E-state index contributed by atoms with van der Waals surface area (Å²) in [5.41, 5.74) is 3.65. The van der Waals surface area contributed by atoms with Crippen molar-refractivity contribution in [2.45, 2.75) is 25.8 Å². The summed E-state index contributed by atoms with van der Waals surface area (Å²) in [7, 11) is 0. The number of benzene rings is 2. The Hall–Kier alpha value is -2.76. The van der Waals surface area contributed by atoms with Crippen LogP contribution in [0.25, 0.3) is 5.69 Å². The summed E-state index contributed by atoms with van der Waals surface area (Å²) in [6.07, 6.45) is 3.74. The minimum atomic E-state index is -0.344. The smallest absolute Gasteiger partial charge is 0.247 e. The highest BCUT2D eigenvalue weighted by Crippen LogP contribution is 2.42. The number of hydrogen-bond donors (Lipinski definition) is 0. The molecule has 0 aliphatic carbocycles. The van der Waals surface area contributed by atoms with E-state index in [0.29, 0.717) is 11.6 Å². The van der Waals surface area contributed by atoms with Gasteiger partial charge in [0.2, 0.25) is 11.8 Å². The number of alkyl halides is 1. The maximum Gasteiger partial charge on any atom is 0.247 e. The number of nitrogens with zero attached hydrogens (tertiary/aromatic N) is 3. The monoisotopic (exact) mass is 469 g/mol. The average molecular weight is 470 g/mol. The third-order valence-electron chi connectivity index (χ3n) is 5.75. The van der Waals surface area contributed by atoms with Crippen molar-refractivity contribution >= 4 is 40.7 Å². The molecule has 0 saturated carbocycles. The Labute approximate surface area is 198 Å². The summed E-state index contributed by atoms with van der Waals surface area (Å²) in [5, 5.41) is 0.636.